The zero-order valence-corrected chi connectivity index (χ0v) is 16.4. The van der Waals surface area contributed by atoms with E-state index in [1.165, 1.54) is 24.3 Å². The van der Waals surface area contributed by atoms with E-state index in [0.717, 1.165) is 11.1 Å². The molecule has 3 N–H and O–H groups in total. The van der Waals surface area contributed by atoms with Crippen molar-refractivity contribution in [3.05, 3.63) is 83.4 Å². The monoisotopic (exact) mass is 412 g/mol. The van der Waals surface area contributed by atoms with Gasteiger partial charge in [-0.1, -0.05) is 24.3 Å². The van der Waals surface area contributed by atoms with Gasteiger partial charge in [0.1, 0.15) is 17.5 Å². The highest BCUT2D eigenvalue weighted by Gasteiger charge is 2.10. The summed E-state index contributed by atoms with van der Waals surface area (Å²) in [5.74, 6) is 0.388. The molecule has 0 atom stereocenters. The Morgan fingerprint density at radius 1 is 0.867 bits per heavy atom. The van der Waals surface area contributed by atoms with E-state index in [1.54, 1.807) is 43.3 Å². The van der Waals surface area contributed by atoms with Gasteiger partial charge in [-0.3, -0.25) is 5.32 Å². The number of ether oxygens (including phenoxy) is 1. The molecule has 6 nitrogen and oxygen atoms in total. The van der Waals surface area contributed by atoms with E-state index >= 15 is 0 Å². The Morgan fingerprint density at radius 2 is 1.43 bits per heavy atom. The lowest BCUT2D eigenvalue weighted by molar-refractivity contribution is 0.168. The number of anilines is 3. The Morgan fingerprint density at radius 3 is 2.00 bits per heavy atom. The van der Waals surface area contributed by atoms with E-state index in [4.69, 9.17) is 4.74 Å². The van der Waals surface area contributed by atoms with Crippen molar-refractivity contribution < 1.29 is 18.3 Å². The molecule has 0 aliphatic rings. The normalized spacial score (nSPS) is 10.4. The third-order valence-corrected chi connectivity index (χ3v) is 4.17. The van der Waals surface area contributed by atoms with Gasteiger partial charge in [0.05, 0.1) is 12.3 Å². The van der Waals surface area contributed by atoms with E-state index in [9.17, 15) is 13.6 Å². The zero-order chi connectivity index (χ0) is 21.3. The minimum atomic E-state index is -0.587. The third kappa shape index (κ3) is 6.16. The second-order valence-electron chi connectivity index (χ2n) is 6.40. The van der Waals surface area contributed by atoms with Crippen LogP contribution in [0.15, 0.2) is 60.7 Å². The first-order valence-corrected chi connectivity index (χ1v) is 9.45. The molecule has 3 rings (SSSR count). The van der Waals surface area contributed by atoms with Crippen molar-refractivity contribution in [2.75, 3.05) is 22.6 Å². The fourth-order valence-electron chi connectivity index (χ4n) is 2.65. The molecule has 30 heavy (non-hydrogen) atoms. The number of amides is 1. The van der Waals surface area contributed by atoms with Gasteiger partial charge in [-0.05, 0) is 54.4 Å². The number of nitrogens with one attached hydrogen (secondary N) is 3. The van der Waals surface area contributed by atoms with Crippen LogP contribution < -0.4 is 16.0 Å². The van der Waals surface area contributed by atoms with Crippen LogP contribution in [0.2, 0.25) is 0 Å². The zero-order valence-electron chi connectivity index (χ0n) is 16.4. The minimum absolute atomic E-state index is 0.245. The van der Waals surface area contributed by atoms with Crippen molar-refractivity contribution >= 4 is 23.4 Å². The summed E-state index contributed by atoms with van der Waals surface area (Å²) in [6, 6.07) is 15.7. The van der Waals surface area contributed by atoms with Crippen LogP contribution in [-0.2, 0) is 17.8 Å². The molecule has 156 valence electrons. The average Bonchev–Trinajstić information content (AvgIpc) is 2.74. The predicted octanol–water partition coefficient (Wildman–Crippen LogP) is 5.15. The second kappa shape index (κ2) is 10.2. The third-order valence-electron chi connectivity index (χ3n) is 4.17. The highest BCUT2D eigenvalue weighted by atomic mass is 19.1. The van der Waals surface area contributed by atoms with E-state index in [0.29, 0.717) is 30.4 Å². The quantitative estimate of drug-likeness (QED) is 0.477. The molecule has 0 fully saturated rings. The molecule has 0 unspecified atom stereocenters. The largest absolute Gasteiger partial charge is 0.450 e. The molecule has 0 aliphatic heterocycles. The summed E-state index contributed by atoms with van der Waals surface area (Å²) in [6.07, 6.45) is -0.587. The highest BCUT2D eigenvalue weighted by Crippen LogP contribution is 2.23. The molecular weight excluding hydrogens is 390 g/mol. The van der Waals surface area contributed by atoms with Gasteiger partial charge in [-0.2, -0.15) is 0 Å². The molecule has 0 radical (unpaired) electrons. The SMILES string of the molecule is CCOC(=O)Nc1ccc(NCc2ccc(F)cc2)nc1NCc1ccc(F)cc1. The number of carbonyl (C=O) groups is 1. The Balaban J connectivity index is 1.73. The molecule has 0 saturated heterocycles. The van der Waals surface area contributed by atoms with Crippen molar-refractivity contribution in [2.24, 2.45) is 0 Å². The first-order chi connectivity index (χ1) is 14.5. The van der Waals surface area contributed by atoms with Gasteiger partial charge >= 0.3 is 6.09 Å². The summed E-state index contributed by atoms with van der Waals surface area (Å²) in [4.78, 5) is 16.3. The van der Waals surface area contributed by atoms with Crippen LogP contribution in [0.4, 0.5) is 30.9 Å². The standard InChI is InChI=1S/C22H22F2N4O2/c1-2-30-22(29)27-19-11-12-20(25-13-15-3-7-17(23)8-4-15)28-21(19)26-14-16-5-9-18(24)10-6-16/h3-12H,2,13-14H2,1H3,(H,27,29)(H2,25,26,28). The van der Waals surface area contributed by atoms with Gasteiger partial charge in [0, 0.05) is 13.1 Å². The number of halogens is 2. The van der Waals surface area contributed by atoms with Crippen LogP contribution >= 0.6 is 0 Å². The molecule has 0 aliphatic carbocycles. The summed E-state index contributed by atoms with van der Waals surface area (Å²) >= 11 is 0. The molecule has 0 bridgehead atoms. The Hall–Kier alpha value is -3.68. The van der Waals surface area contributed by atoms with Crippen LogP contribution in [0.1, 0.15) is 18.1 Å². The lowest BCUT2D eigenvalue weighted by Gasteiger charge is -2.14. The summed E-state index contributed by atoms with van der Waals surface area (Å²) in [6.45, 7) is 2.80. The van der Waals surface area contributed by atoms with E-state index < -0.39 is 6.09 Å². The molecule has 8 heteroatoms. The first-order valence-electron chi connectivity index (χ1n) is 9.45. The van der Waals surface area contributed by atoms with E-state index in [2.05, 4.69) is 20.9 Å². The number of carbonyl (C=O) groups excluding carboxylic acids is 1. The number of hydrogen-bond donors (Lipinski definition) is 3. The number of hydrogen-bond acceptors (Lipinski definition) is 5. The number of aromatic nitrogens is 1. The van der Waals surface area contributed by atoms with Gasteiger partial charge in [-0.25, -0.2) is 18.6 Å². The van der Waals surface area contributed by atoms with Crippen LogP contribution in [0.5, 0.6) is 0 Å². The van der Waals surface area contributed by atoms with E-state index in [-0.39, 0.29) is 18.2 Å². The maximum absolute atomic E-state index is 13.1. The van der Waals surface area contributed by atoms with Crippen molar-refractivity contribution in [1.29, 1.82) is 0 Å². The lowest BCUT2D eigenvalue weighted by atomic mass is 10.2. The van der Waals surface area contributed by atoms with Crippen LogP contribution in [0, 0.1) is 11.6 Å². The molecular formula is C22H22F2N4O2. The van der Waals surface area contributed by atoms with E-state index in [1.807, 2.05) is 0 Å². The topological polar surface area (TPSA) is 75.3 Å². The Labute approximate surface area is 173 Å². The molecule has 0 spiro atoms. The van der Waals surface area contributed by atoms with Crippen LogP contribution in [-0.4, -0.2) is 17.7 Å². The van der Waals surface area contributed by atoms with Crippen LogP contribution in [0.3, 0.4) is 0 Å². The fourth-order valence-corrected chi connectivity index (χ4v) is 2.65. The number of nitrogens with zero attached hydrogens (tertiary/aromatic N) is 1. The summed E-state index contributed by atoms with van der Waals surface area (Å²) in [7, 11) is 0. The summed E-state index contributed by atoms with van der Waals surface area (Å²) in [5.41, 5.74) is 2.19. The fraction of sp³-hybridized carbons (Fsp3) is 0.182. The molecule has 1 aromatic heterocycles. The summed E-state index contributed by atoms with van der Waals surface area (Å²) < 4.78 is 31.1. The maximum Gasteiger partial charge on any atom is 0.411 e. The molecule has 1 amide bonds. The average molecular weight is 412 g/mol. The van der Waals surface area contributed by atoms with Gasteiger partial charge in [0.15, 0.2) is 5.82 Å². The highest BCUT2D eigenvalue weighted by molar-refractivity contribution is 5.88. The maximum atomic E-state index is 13.1. The van der Waals surface area contributed by atoms with Gasteiger partial charge < -0.3 is 15.4 Å². The number of pyridine rings is 1. The number of rotatable bonds is 8. The predicted molar refractivity (Wildman–Crippen MR) is 112 cm³/mol. The Bertz CT molecular complexity index is 979. The van der Waals surface area contributed by atoms with Crippen molar-refractivity contribution in [3.63, 3.8) is 0 Å². The van der Waals surface area contributed by atoms with Crippen LogP contribution in [0.25, 0.3) is 0 Å². The molecule has 2 aromatic carbocycles. The smallest absolute Gasteiger partial charge is 0.411 e. The molecule has 1 heterocycles. The lowest BCUT2D eigenvalue weighted by Crippen LogP contribution is -2.16. The number of benzene rings is 2. The van der Waals surface area contributed by atoms with Gasteiger partial charge in [0.2, 0.25) is 0 Å². The minimum Gasteiger partial charge on any atom is -0.450 e. The van der Waals surface area contributed by atoms with Crippen molar-refractivity contribution in [2.45, 2.75) is 20.0 Å². The van der Waals surface area contributed by atoms with Gasteiger partial charge in [0.25, 0.3) is 0 Å². The first kappa shape index (κ1) is 21.0. The molecule has 3 aromatic rings. The van der Waals surface area contributed by atoms with Crippen molar-refractivity contribution in [3.8, 4) is 0 Å². The Kier molecular flexibility index (Phi) is 7.15. The van der Waals surface area contributed by atoms with Gasteiger partial charge in [-0.15, -0.1) is 0 Å². The molecule has 0 saturated carbocycles. The second-order valence-corrected chi connectivity index (χ2v) is 6.40. The van der Waals surface area contributed by atoms with Crippen molar-refractivity contribution in [1.82, 2.24) is 4.98 Å². The summed E-state index contributed by atoms with van der Waals surface area (Å²) in [5, 5.41) is 8.96.